The molecule has 104 valence electrons. The molecular formula is C10H8F4N2O3. The summed E-state index contributed by atoms with van der Waals surface area (Å²) in [7, 11) is 0. The zero-order valence-corrected chi connectivity index (χ0v) is 9.49. The number of hydrogen-bond acceptors (Lipinski definition) is 3. The molecule has 2 N–H and O–H groups in total. The van der Waals surface area contributed by atoms with E-state index in [-0.39, 0.29) is 5.06 Å². The molecule has 0 fully saturated rings. The van der Waals surface area contributed by atoms with E-state index in [0.717, 1.165) is 19.1 Å². The predicted molar refractivity (Wildman–Crippen MR) is 55.2 cm³/mol. The van der Waals surface area contributed by atoms with Crippen LogP contribution in [0.5, 0.6) is 0 Å². The molecule has 9 heteroatoms. The summed E-state index contributed by atoms with van der Waals surface area (Å²) in [6.45, 7) is 0.876. The lowest BCUT2D eigenvalue weighted by Gasteiger charge is -2.20. The second kappa shape index (κ2) is 5.12. The fraction of sp³-hybridized carbons (Fsp3) is 0.200. The first-order valence-electron chi connectivity index (χ1n) is 4.78. The van der Waals surface area contributed by atoms with Gasteiger partial charge in [-0.05, 0) is 12.1 Å². The summed E-state index contributed by atoms with van der Waals surface area (Å²) >= 11 is 0. The van der Waals surface area contributed by atoms with Crippen LogP contribution in [0.15, 0.2) is 18.2 Å². The van der Waals surface area contributed by atoms with E-state index in [9.17, 15) is 27.2 Å². The van der Waals surface area contributed by atoms with Gasteiger partial charge in [0.25, 0.3) is 0 Å². The molecular weight excluding hydrogens is 272 g/mol. The highest BCUT2D eigenvalue weighted by Crippen LogP contribution is 2.35. The number of anilines is 1. The zero-order chi connectivity index (χ0) is 14.8. The van der Waals surface area contributed by atoms with Gasteiger partial charge in [0, 0.05) is 6.92 Å². The smallest absolute Gasteiger partial charge is 0.349 e. The van der Waals surface area contributed by atoms with Gasteiger partial charge in [-0.1, -0.05) is 6.07 Å². The topological polar surface area (TPSA) is 72.6 Å². The Kier molecular flexibility index (Phi) is 3.98. The summed E-state index contributed by atoms with van der Waals surface area (Å²) in [6.07, 6.45) is -4.96. The zero-order valence-electron chi connectivity index (χ0n) is 9.49. The second-order valence-corrected chi connectivity index (χ2v) is 3.35. The van der Waals surface area contributed by atoms with Gasteiger partial charge in [-0.3, -0.25) is 0 Å². The molecule has 2 amide bonds. The maximum atomic E-state index is 13.7. The van der Waals surface area contributed by atoms with E-state index in [0.29, 0.717) is 6.07 Å². The minimum Gasteiger partial charge on any atom is -0.349 e. The molecule has 0 saturated carbocycles. The quantitative estimate of drug-likeness (QED) is 0.633. The molecule has 5 nitrogen and oxygen atoms in total. The van der Waals surface area contributed by atoms with Gasteiger partial charge >= 0.3 is 18.2 Å². The number of hydrogen-bond donors (Lipinski definition) is 1. The largest absolute Gasteiger partial charge is 0.419 e. The molecule has 19 heavy (non-hydrogen) atoms. The van der Waals surface area contributed by atoms with Crippen molar-refractivity contribution >= 4 is 17.7 Å². The Morgan fingerprint density at radius 1 is 1.32 bits per heavy atom. The van der Waals surface area contributed by atoms with Gasteiger partial charge in [-0.25, -0.2) is 14.0 Å². The van der Waals surface area contributed by atoms with E-state index in [1.54, 1.807) is 0 Å². The number of rotatable bonds is 1. The molecule has 0 unspecified atom stereocenters. The van der Waals surface area contributed by atoms with Crippen molar-refractivity contribution < 1.29 is 32.0 Å². The third kappa shape index (κ3) is 3.33. The van der Waals surface area contributed by atoms with Crippen LogP contribution in [0.4, 0.5) is 28.0 Å². The van der Waals surface area contributed by atoms with Gasteiger partial charge in [0.1, 0.15) is 5.69 Å². The fourth-order valence-electron chi connectivity index (χ4n) is 1.24. The lowest BCUT2D eigenvalue weighted by atomic mass is 10.1. The first-order valence-corrected chi connectivity index (χ1v) is 4.78. The van der Waals surface area contributed by atoms with E-state index in [1.807, 2.05) is 0 Å². The molecule has 0 aliphatic carbocycles. The standard InChI is InChI=1S/C10H8F4N2O3/c1-5(17)19-16(9(15)18)7-4-2-3-6(8(7)11)10(12,13)14/h2-4H,1H3,(H2,15,18). The molecule has 1 rings (SSSR count). The van der Waals surface area contributed by atoms with Gasteiger partial charge in [0.15, 0.2) is 5.82 Å². The maximum Gasteiger partial charge on any atom is 0.419 e. The molecule has 0 heterocycles. The number of nitrogens with two attached hydrogens (primary N) is 1. The van der Waals surface area contributed by atoms with Crippen molar-refractivity contribution in [1.82, 2.24) is 0 Å². The summed E-state index contributed by atoms with van der Waals surface area (Å²) < 4.78 is 51.1. The van der Waals surface area contributed by atoms with E-state index >= 15 is 0 Å². The number of nitrogens with zero attached hydrogens (tertiary/aromatic N) is 1. The number of urea groups is 1. The Hall–Kier alpha value is -2.32. The second-order valence-electron chi connectivity index (χ2n) is 3.35. The summed E-state index contributed by atoms with van der Waals surface area (Å²) in [6, 6.07) is 0.707. The Balaban J connectivity index is 3.33. The molecule has 1 aromatic carbocycles. The highest BCUT2D eigenvalue weighted by molar-refractivity contribution is 5.90. The van der Waals surface area contributed by atoms with Crippen LogP contribution in [0.1, 0.15) is 12.5 Å². The van der Waals surface area contributed by atoms with Crippen molar-refractivity contribution in [3.05, 3.63) is 29.6 Å². The van der Waals surface area contributed by atoms with Crippen molar-refractivity contribution in [1.29, 1.82) is 0 Å². The molecule has 0 saturated heterocycles. The molecule has 0 aliphatic heterocycles. The lowest BCUT2D eigenvalue weighted by molar-refractivity contribution is -0.141. The lowest BCUT2D eigenvalue weighted by Crippen LogP contribution is -2.38. The number of halogens is 4. The summed E-state index contributed by atoms with van der Waals surface area (Å²) in [4.78, 5) is 25.9. The van der Waals surface area contributed by atoms with Crippen LogP contribution in [0.2, 0.25) is 0 Å². The normalized spacial score (nSPS) is 11.0. The average Bonchev–Trinajstić information content (AvgIpc) is 2.24. The highest BCUT2D eigenvalue weighted by Gasteiger charge is 2.36. The molecule has 1 aromatic rings. The highest BCUT2D eigenvalue weighted by atomic mass is 19.4. The molecule has 0 radical (unpaired) electrons. The van der Waals surface area contributed by atoms with Crippen molar-refractivity contribution in [3.8, 4) is 0 Å². The van der Waals surface area contributed by atoms with Crippen LogP contribution in [0, 0.1) is 5.82 Å². The molecule has 0 aliphatic rings. The minimum atomic E-state index is -4.96. The summed E-state index contributed by atoms with van der Waals surface area (Å²) in [5, 5.41) is -0.0487. The third-order valence-electron chi connectivity index (χ3n) is 1.92. The van der Waals surface area contributed by atoms with Gasteiger partial charge in [-0.15, -0.1) is 5.06 Å². The van der Waals surface area contributed by atoms with E-state index in [2.05, 4.69) is 4.84 Å². The van der Waals surface area contributed by atoms with Gasteiger partial charge in [0.2, 0.25) is 0 Å². The SMILES string of the molecule is CC(=O)ON(C(N)=O)c1cccc(C(F)(F)F)c1F. The van der Waals surface area contributed by atoms with Crippen molar-refractivity contribution in [2.45, 2.75) is 13.1 Å². The van der Waals surface area contributed by atoms with E-state index in [4.69, 9.17) is 5.73 Å². The van der Waals surface area contributed by atoms with Gasteiger partial charge < -0.3 is 10.6 Å². The number of amides is 2. The fourth-order valence-corrected chi connectivity index (χ4v) is 1.24. The molecule has 0 bridgehead atoms. The van der Waals surface area contributed by atoms with Crippen molar-refractivity contribution in [3.63, 3.8) is 0 Å². The number of hydroxylamine groups is 1. The van der Waals surface area contributed by atoms with Crippen molar-refractivity contribution in [2.75, 3.05) is 5.06 Å². The van der Waals surface area contributed by atoms with Crippen LogP contribution < -0.4 is 10.8 Å². The number of carbonyl (C=O) groups is 2. The van der Waals surface area contributed by atoms with Crippen LogP contribution in [-0.4, -0.2) is 12.0 Å². The molecule has 0 atom stereocenters. The van der Waals surface area contributed by atoms with Crippen LogP contribution >= 0.6 is 0 Å². The third-order valence-corrected chi connectivity index (χ3v) is 1.92. The van der Waals surface area contributed by atoms with E-state index < -0.39 is 35.2 Å². The Labute approximate surface area is 104 Å². The summed E-state index contributed by atoms with van der Waals surface area (Å²) in [5.41, 5.74) is 2.29. The van der Waals surface area contributed by atoms with Crippen molar-refractivity contribution in [2.24, 2.45) is 5.73 Å². The number of carbonyl (C=O) groups excluding carboxylic acids is 2. The van der Waals surface area contributed by atoms with Crippen LogP contribution in [-0.2, 0) is 15.8 Å². The Morgan fingerprint density at radius 2 is 1.89 bits per heavy atom. The number of primary amides is 1. The Morgan fingerprint density at radius 3 is 2.32 bits per heavy atom. The first-order chi connectivity index (χ1) is 8.64. The van der Waals surface area contributed by atoms with E-state index in [1.165, 1.54) is 0 Å². The monoisotopic (exact) mass is 280 g/mol. The number of alkyl halides is 3. The Bertz CT molecular complexity index is 516. The molecule has 0 spiro atoms. The molecule has 0 aromatic heterocycles. The van der Waals surface area contributed by atoms with Crippen LogP contribution in [0.3, 0.4) is 0 Å². The average molecular weight is 280 g/mol. The first kappa shape index (κ1) is 14.7. The summed E-state index contributed by atoms with van der Waals surface area (Å²) in [5.74, 6) is -2.81. The van der Waals surface area contributed by atoms with Crippen LogP contribution in [0.25, 0.3) is 0 Å². The van der Waals surface area contributed by atoms with Gasteiger partial charge in [0.05, 0.1) is 5.56 Å². The number of benzene rings is 1. The predicted octanol–water partition coefficient (Wildman–Crippen LogP) is 2.21. The minimum absolute atomic E-state index is 0.0487. The maximum absolute atomic E-state index is 13.7. The van der Waals surface area contributed by atoms with Gasteiger partial charge in [-0.2, -0.15) is 13.2 Å².